The van der Waals surface area contributed by atoms with Crippen LogP contribution in [0.25, 0.3) is 0 Å². The van der Waals surface area contributed by atoms with Crippen LogP contribution in [0.2, 0.25) is 0 Å². The lowest BCUT2D eigenvalue weighted by Crippen LogP contribution is -2.47. The molecule has 2 bridgehead atoms. The molecule has 3 aliphatic rings. The minimum Gasteiger partial charge on any atom is -0.349 e. The Labute approximate surface area is 115 Å². The molecule has 0 unspecified atom stereocenters. The Morgan fingerprint density at radius 1 is 0.842 bits per heavy atom. The maximum Gasteiger partial charge on any atom is 0.226 e. The minimum absolute atomic E-state index is 0.0986. The molecule has 4 heteroatoms. The molecule has 0 heterocycles. The van der Waals surface area contributed by atoms with Crippen LogP contribution in [0.4, 0.5) is 0 Å². The third kappa shape index (κ3) is 2.53. The highest BCUT2D eigenvalue weighted by molar-refractivity contribution is 5.88. The number of carbonyl (C=O) groups excluding carboxylic acids is 2. The average molecular weight is 264 g/mol. The monoisotopic (exact) mass is 264 g/mol. The van der Waals surface area contributed by atoms with Crippen molar-refractivity contribution in [1.82, 2.24) is 9.80 Å². The average Bonchev–Trinajstić information content (AvgIpc) is 2.69. The van der Waals surface area contributed by atoms with E-state index in [1.54, 1.807) is 38.0 Å². The van der Waals surface area contributed by atoms with E-state index in [2.05, 4.69) is 12.2 Å². The van der Waals surface area contributed by atoms with Crippen LogP contribution in [0.15, 0.2) is 12.2 Å². The molecule has 0 aromatic rings. The van der Waals surface area contributed by atoms with Gasteiger partial charge in [0.2, 0.25) is 11.8 Å². The van der Waals surface area contributed by atoms with E-state index in [1.165, 1.54) is 0 Å². The molecule has 0 saturated heterocycles. The van der Waals surface area contributed by atoms with Crippen molar-refractivity contribution in [2.75, 3.05) is 28.2 Å². The standard InChI is InChI=1S/C15H24N2O2/c1-16(2)14(18)12-10-6-5-7-11(9-8-10)13(12)15(19)17(3)4/h8-13H,5-7H2,1-4H3/t10-,11+,12-,13-/m0/s1. The van der Waals surface area contributed by atoms with E-state index in [0.29, 0.717) is 0 Å². The fraction of sp³-hybridized carbons (Fsp3) is 0.733. The summed E-state index contributed by atoms with van der Waals surface area (Å²) in [7, 11) is 7.12. The first-order valence-electron chi connectivity index (χ1n) is 7.04. The molecule has 106 valence electrons. The van der Waals surface area contributed by atoms with E-state index in [-0.39, 0.29) is 35.5 Å². The molecule has 3 aliphatic carbocycles. The van der Waals surface area contributed by atoms with Crippen LogP contribution in [0.1, 0.15) is 19.3 Å². The van der Waals surface area contributed by atoms with Gasteiger partial charge in [-0.15, -0.1) is 0 Å². The van der Waals surface area contributed by atoms with Gasteiger partial charge in [-0.25, -0.2) is 0 Å². The van der Waals surface area contributed by atoms with Crippen molar-refractivity contribution in [2.45, 2.75) is 19.3 Å². The van der Waals surface area contributed by atoms with Crippen LogP contribution in [0.5, 0.6) is 0 Å². The third-order valence-corrected chi connectivity index (χ3v) is 4.44. The lowest BCUT2D eigenvalue weighted by Gasteiger charge is -2.37. The fourth-order valence-electron chi connectivity index (χ4n) is 3.47. The van der Waals surface area contributed by atoms with Crippen LogP contribution in [-0.4, -0.2) is 49.8 Å². The van der Waals surface area contributed by atoms with Crippen molar-refractivity contribution >= 4 is 11.8 Å². The summed E-state index contributed by atoms with van der Waals surface area (Å²) in [5.41, 5.74) is 0. The Balaban J connectivity index is 2.37. The van der Waals surface area contributed by atoms with E-state index >= 15 is 0 Å². The number of amides is 2. The summed E-state index contributed by atoms with van der Waals surface area (Å²) in [5.74, 6) is 0.290. The first-order valence-corrected chi connectivity index (χ1v) is 7.04. The summed E-state index contributed by atoms with van der Waals surface area (Å²) in [6, 6.07) is 0. The van der Waals surface area contributed by atoms with E-state index in [0.717, 1.165) is 19.3 Å². The number of hydrogen-bond acceptors (Lipinski definition) is 2. The predicted molar refractivity (Wildman–Crippen MR) is 74.3 cm³/mol. The number of carbonyl (C=O) groups is 2. The molecular weight excluding hydrogens is 240 g/mol. The number of fused-ring (bicyclic) bond motifs is 3. The first-order chi connectivity index (χ1) is 8.93. The van der Waals surface area contributed by atoms with E-state index in [9.17, 15) is 9.59 Å². The molecule has 0 aromatic heterocycles. The molecule has 0 spiro atoms. The van der Waals surface area contributed by atoms with Gasteiger partial charge in [-0.2, -0.15) is 0 Å². The van der Waals surface area contributed by atoms with Crippen molar-refractivity contribution in [3.63, 3.8) is 0 Å². The molecule has 0 radical (unpaired) electrons. The van der Waals surface area contributed by atoms with Crippen LogP contribution in [0.3, 0.4) is 0 Å². The first kappa shape index (κ1) is 14.1. The SMILES string of the molecule is CN(C)C(=O)[C@@H]1[C@@H](C(=O)N(C)C)[C@H]2C=C[C@@H]1CCC2. The molecular formula is C15H24N2O2. The second kappa shape index (κ2) is 5.35. The fourth-order valence-corrected chi connectivity index (χ4v) is 3.47. The smallest absolute Gasteiger partial charge is 0.226 e. The molecule has 1 saturated carbocycles. The Hall–Kier alpha value is -1.32. The van der Waals surface area contributed by atoms with Crippen molar-refractivity contribution < 1.29 is 9.59 Å². The minimum atomic E-state index is -0.178. The summed E-state index contributed by atoms with van der Waals surface area (Å²) in [4.78, 5) is 28.3. The zero-order valence-electron chi connectivity index (χ0n) is 12.3. The number of hydrogen-bond donors (Lipinski definition) is 0. The molecule has 1 fully saturated rings. The van der Waals surface area contributed by atoms with Gasteiger partial charge in [0.25, 0.3) is 0 Å². The molecule has 0 aliphatic heterocycles. The summed E-state index contributed by atoms with van der Waals surface area (Å²) in [5, 5.41) is 0. The van der Waals surface area contributed by atoms with Gasteiger partial charge < -0.3 is 9.80 Å². The molecule has 4 atom stereocenters. The highest BCUT2D eigenvalue weighted by atomic mass is 16.2. The second-order valence-electron chi connectivity index (χ2n) is 6.16. The van der Waals surface area contributed by atoms with Crippen molar-refractivity contribution in [3.8, 4) is 0 Å². The van der Waals surface area contributed by atoms with Gasteiger partial charge in [0.1, 0.15) is 0 Å². The van der Waals surface area contributed by atoms with Crippen LogP contribution >= 0.6 is 0 Å². The molecule has 3 rings (SSSR count). The highest BCUT2D eigenvalue weighted by Crippen LogP contribution is 2.44. The lowest BCUT2D eigenvalue weighted by atomic mass is 9.70. The Bertz CT molecular complexity index is 365. The Kier molecular flexibility index (Phi) is 3.97. The summed E-state index contributed by atoms with van der Waals surface area (Å²) in [6.07, 6.45) is 7.49. The van der Waals surface area contributed by atoms with Gasteiger partial charge in [0.05, 0.1) is 11.8 Å². The molecule has 0 aromatic carbocycles. The zero-order chi connectivity index (χ0) is 14.2. The number of nitrogens with zero attached hydrogens (tertiary/aromatic N) is 2. The topological polar surface area (TPSA) is 40.6 Å². The van der Waals surface area contributed by atoms with Crippen LogP contribution < -0.4 is 0 Å². The summed E-state index contributed by atoms with van der Waals surface area (Å²) in [6.45, 7) is 0. The quantitative estimate of drug-likeness (QED) is 0.707. The largest absolute Gasteiger partial charge is 0.349 e. The third-order valence-electron chi connectivity index (χ3n) is 4.44. The highest BCUT2D eigenvalue weighted by Gasteiger charge is 2.47. The molecule has 19 heavy (non-hydrogen) atoms. The molecule has 2 amide bonds. The Morgan fingerprint density at radius 2 is 1.21 bits per heavy atom. The number of allylic oxidation sites excluding steroid dienone is 2. The summed E-state index contributed by atoms with van der Waals surface area (Å²) >= 11 is 0. The number of rotatable bonds is 2. The van der Waals surface area contributed by atoms with Gasteiger partial charge >= 0.3 is 0 Å². The second-order valence-corrected chi connectivity index (χ2v) is 6.16. The van der Waals surface area contributed by atoms with Crippen LogP contribution in [0, 0.1) is 23.7 Å². The van der Waals surface area contributed by atoms with Gasteiger partial charge in [-0.1, -0.05) is 18.6 Å². The zero-order valence-corrected chi connectivity index (χ0v) is 12.3. The maximum absolute atomic E-state index is 12.5. The van der Waals surface area contributed by atoms with Crippen molar-refractivity contribution in [2.24, 2.45) is 23.7 Å². The van der Waals surface area contributed by atoms with Crippen molar-refractivity contribution in [3.05, 3.63) is 12.2 Å². The lowest BCUT2D eigenvalue weighted by molar-refractivity contribution is -0.147. The Morgan fingerprint density at radius 3 is 1.53 bits per heavy atom. The van der Waals surface area contributed by atoms with Crippen molar-refractivity contribution in [1.29, 1.82) is 0 Å². The van der Waals surface area contributed by atoms with Gasteiger partial charge in [0, 0.05) is 28.2 Å². The molecule has 0 N–H and O–H groups in total. The van der Waals surface area contributed by atoms with Gasteiger partial charge in [0.15, 0.2) is 0 Å². The van der Waals surface area contributed by atoms with Gasteiger partial charge in [-0.05, 0) is 24.7 Å². The van der Waals surface area contributed by atoms with Gasteiger partial charge in [-0.3, -0.25) is 9.59 Å². The summed E-state index contributed by atoms with van der Waals surface area (Å²) < 4.78 is 0. The maximum atomic E-state index is 12.5. The van der Waals surface area contributed by atoms with E-state index in [4.69, 9.17) is 0 Å². The van der Waals surface area contributed by atoms with E-state index < -0.39 is 0 Å². The van der Waals surface area contributed by atoms with E-state index in [1.807, 2.05) is 0 Å². The normalized spacial score (nSPS) is 32.8. The predicted octanol–water partition coefficient (Wildman–Crippen LogP) is 1.38. The van der Waals surface area contributed by atoms with Crippen LogP contribution in [-0.2, 0) is 9.59 Å². The molecule has 4 nitrogen and oxygen atoms in total.